The van der Waals surface area contributed by atoms with Gasteiger partial charge in [0.25, 0.3) is 0 Å². The Kier molecular flexibility index (Phi) is 6.14. The van der Waals surface area contributed by atoms with E-state index in [0.29, 0.717) is 19.4 Å². The molecule has 0 bridgehead atoms. The van der Waals surface area contributed by atoms with Crippen LogP contribution in [-0.2, 0) is 17.6 Å². The summed E-state index contributed by atoms with van der Waals surface area (Å²) in [6.45, 7) is 0.610. The molecule has 0 saturated heterocycles. The first-order valence-electron chi connectivity index (χ1n) is 8.06. The molecule has 0 unspecified atom stereocenters. The second-order valence-electron chi connectivity index (χ2n) is 5.61. The number of rotatable bonds is 7. The summed E-state index contributed by atoms with van der Waals surface area (Å²) in [6.07, 6.45) is 5.36. The first-order chi connectivity index (χ1) is 12.2. The van der Waals surface area contributed by atoms with Gasteiger partial charge in [0, 0.05) is 41.3 Å². The van der Waals surface area contributed by atoms with Gasteiger partial charge in [-0.05, 0) is 42.7 Å². The van der Waals surface area contributed by atoms with Gasteiger partial charge in [0.1, 0.15) is 5.01 Å². The fourth-order valence-electron chi connectivity index (χ4n) is 2.42. The van der Waals surface area contributed by atoms with Crippen LogP contribution in [0.2, 0.25) is 5.02 Å². The third-order valence-electron chi connectivity index (χ3n) is 3.71. The van der Waals surface area contributed by atoms with Gasteiger partial charge in [-0.3, -0.25) is 9.78 Å². The van der Waals surface area contributed by atoms with Crippen molar-refractivity contribution in [2.75, 3.05) is 6.54 Å². The highest BCUT2D eigenvalue weighted by Crippen LogP contribution is 2.23. The smallest absolute Gasteiger partial charge is 0.220 e. The zero-order valence-corrected chi connectivity index (χ0v) is 15.2. The Balaban J connectivity index is 1.43. The van der Waals surface area contributed by atoms with E-state index in [9.17, 15) is 4.79 Å². The number of amides is 1. The Labute approximate surface area is 155 Å². The first kappa shape index (κ1) is 17.6. The number of carbonyl (C=O) groups is 1. The average molecular weight is 372 g/mol. The monoisotopic (exact) mass is 371 g/mol. The number of nitrogens with zero attached hydrogens (tertiary/aromatic N) is 2. The highest BCUT2D eigenvalue weighted by Gasteiger charge is 2.07. The van der Waals surface area contributed by atoms with Crippen molar-refractivity contribution in [3.05, 3.63) is 70.5 Å². The number of halogens is 1. The quantitative estimate of drug-likeness (QED) is 0.678. The summed E-state index contributed by atoms with van der Waals surface area (Å²) in [6, 6.07) is 11.6. The maximum atomic E-state index is 12.0. The summed E-state index contributed by atoms with van der Waals surface area (Å²) in [7, 11) is 0. The molecule has 4 nitrogen and oxygen atoms in total. The van der Waals surface area contributed by atoms with Crippen molar-refractivity contribution in [1.82, 2.24) is 15.3 Å². The third-order valence-corrected chi connectivity index (χ3v) is 4.89. The standard InChI is InChI=1S/C19H18ClN3OS/c20-16-3-1-2-14(12-16)6-11-22-18(24)5-4-17-13-25-19(23-17)15-7-9-21-10-8-15/h1-3,7-10,12-13H,4-6,11H2,(H,22,24). The number of hydrogen-bond donors (Lipinski definition) is 1. The van der Waals surface area contributed by atoms with E-state index in [1.165, 1.54) is 0 Å². The number of benzene rings is 1. The Hall–Kier alpha value is -2.24. The molecule has 128 valence electrons. The number of hydrogen-bond acceptors (Lipinski definition) is 4. The molecule has 1 amide bonds. The highest BCUT2D eigenvalue weighted by atomic mass is 35.5. The van der Waals surface area contributed by atoms with Gasteiger partial charge in [-0.15, -0.1) is 11.3 Å². The van der Waals surface area contributed by atoms with Gasteiger partial charge in [0.05, 0.1) is 5.69 Å². The van der Waals surface area contributed by atoms with E-state index < -0.39 is 0 Å². The molecular weight excluding hydrogens is 354 g/mol. The van der Waals surface area contributed by atoms with Crippen LogP contribution in [0.1, 0.15) is 17.7 Å². The second kappa shape index (κ2) is 8.74. The lowest BCUT2D eigenvalue weighted by atomic mass is 10.1. The zero-order chi connectivity index (χ0) is 17.5. The largest absolute Gasteiger partial charge is 0.356 e. The molecular formula is C19H18ClN3OS. The van der Waals surface area contributed by atoms with E-state index >= 15 is 0 Å². The molecule has 1 N–H and O–H groups in total. The van der Waals surface area contributed by atoms with Crippen LogP contribution in [0.4, 0.5) is 0 Å². The third kappa shape index (κ3) is 5.37. The van der Waals surface area contributed by atoms with Crippen LogP contribution in [-0.4, -0.2) is 22.4 Å². The maximum Gasteiger partial charge on any atom is 0.220 e. The van der Waals surface area contributed by atoms with Crippen molar-refractivity contribution in [3.8, 4) is 10.6 Å². The number of thiazole rings is 1. The minimum atomic E-state index is 0.0421. The molecule has 0 saturated carbocycles. The summed E-state index contributed by atoms with van der Waals surface area (Å²) in [5.74, 6) is 0.0421. The van der Waals surface area contributed by atoms with Crippen LogP contribution < -0.4 is 5.32 Å². The predicted octanol–water partition coefficient (Wildman–Crippen LogP) is 4.15. The minimum absolute atomic E-state index is 0.0421. The minimum Gasteiger partial charge on any atom is -0.356 e. The SMILES string of the molecule is O=C(CCc1csc(-c2ccncc2)n1)NCCc1cccc(Cl)c1. The maximum absolute atomic E-state index is 12.0. The summed E-state index contributed by atoms with van der Waals surface area (Å²) in [5, 5.41) is 6.63. The average Bonchev–Trinajstić information content (AvgIpc) is 3.10. The van der Waals surface area contributed by atoms with E-state index in [0.717, 1.165) is 33.3 Å². The van der Waals surface area contributed by atoms with Crippen LogP contribution in [0.25, 0.3) is 10.6 Å². The van der Waals surface area contributed by atoms with Crippen molar-refractivity contribution < 1.29 is 4.79 Å². The normalized spacial score (nSPS) is 10.6. The van der Waals surface area contributed by atoms with Gasteiger partial charge < -0.3 is 5.32 Å². The van der Waals surface area contributed by atoms with E-state index in [1.807, 2.05) is 41.8 Å². The Morgan fingerprint density at radius 2 is 2.00 bits per heavy atom. The van der Waals surface area contributed by atoms with Crippen LogP contribution in [0, 0.1) is 0 Å². The van der Waals surface area contributed by atoms with Crippen molar-refractivity contribution in [1.29, 1.82) is 0 Å². The van der Waals surface area contributed by atoms with Crippen LogP contribution in [0.15, 0.2) is 54.2 Å². The van der Waals surface area contributed by atoms with Gasteiger partial charge in [-0.2, -0.15) is 0 Å². The van der Waals surface area contributed by atoms with Crippen molar-refractivity contribution in [2.24, 2.45) is 0 Å². The summed E-state index contributed by atoms with van der Waals surface area (Å²) < 4.78 is 0. The molecule has 0 radical (unpaired) electrons. The van der Waals surface area contributed by atoms with Crippen molar-refractivity contribution >= 4 is 28.8 Å². The molecule has 6 heteroatoms. The molecule has 3 rings (SSSR count). The van der Waals surface area contributed by atoms with Gasteiger partial charge in [-0.1, -0.05) is 23.7 Å². The molecule has 0 fully saturated rings. The molecule has 3 aromatic rings. The molecule has 2 heterocycles. The molecule has 1 aromatic carbocycles. The second-order valence-corrected chi connectivity index (χ2v) is 6.90. The molecule has 0 spiro atoms. The molecule has 0 aliphatic rings. The van der Waals surface area contributed by atoms with Crippen LogP contribution in [0.5, 0.6) is 0 Å². The molecule has 2 aromatic heterocycles. The fourth-order valence-corrected chi connectivity index (χ4v) is 3.49. The lowest BCUT2D eigenvalue weighted by Gasteiger charge is -2.05. The number of aryl methyl sites for hydroxylation is 1. The Bertz CT molecular complexity index is 835. The Morgan fingerprint density at radius 3 is 2.80 bits per heavy atom. The lowest BCUT2D eigenvalue weighted by Crippen LogP contribution is -2.25. The number of carbonyl (C=O) groups excluding carboxylic acids is 1. The first-order valence-corrected chi connectivity index (χ1v) is 9.32. The summed E-state index contributed by atoms with van der Waals surface area (Å²) in [4.78, 5) is 20.6. The molecule has 0 aliphatic heterocycles. The van der Waals surface area contributed by atoms with Crippen LogP contribution in [0.3, 0.4) is 0 Å². The zero-order valence-electron chi connectivity index (χ0n) is 13.6. The fraction of sp³-hybridized carbons (Fsp3) is 0.211. The highest BCUT2D eigenvalue weighted by molar-refractivity contribution is 7.13. The van der Waals surface area contributed by atoms with E-state index in [-0.39, 0.29) is 5.91 Å². The van der Waals surface area contributed by atoms with Gasteiger partial charge >= 0.3 is 0 Å². The van der Waals surface area contributed by atoms with Crippen molar-refractivity contribution in [3.63, 3.8) is 0 Å². The molecule has 0 aliphatic carbocycles. The predicted molar refractivity (Wildman–Crippen MR) is 102 cm³/mol. The van der Waals surface area contributed by atoms with E-state index in [1.54, 1.807) is 23.7 Å². The topological polar surface area (TPSA) is 54.9 Å². The van der Waals surface area contributed by atoms with Gasteiger partial charge in [0.2, 0.25) is 5.91 Å². The van der Waals surface area contributed by atoms with E-state index in [2.05, 4.69) is 15.3 Å². The summed E-state index contributed by atoms with van der Waals surface area (Å²) in [5.41, 5.74) is 3.12. The molecule has 0 atom stereocenters. The van der Waals surface area contributed by atoms with Crippen LogP contribution >= 0.6 is 22.9 Å². The Morgan fingerprint density at radius 1 is 1.16 bits per heavy atom. The van der Waals surface area contributed by atoms with Gasteiger partial charge in [-0.25, -0.2) is 4.98 Å². The summed E-state index contributed by atoms with van der Waals surface area (Å²) >= 11 is 7.54. The number of nitrogens with one attached hydrogen (secondary N) is 1. The molecule has 25 heavy (non-hydrogen) atoms. The number of pyridine rings is 1. The van der Waals surface area contributed by atoms with Crippen molar-refractivity contribution in [2.45, 2.75) is 19.3 Å². The lowest BCUT2D eigenvalue weighted by molar-refractivity contribution is -0.121. The van der Waals surface area contributed by atoms with E-state index in [4.69, 9.17) is 11.6 Å². The number of aromatic nitrogens is 2. The van der Waals surface area contributed by atoms with Gasteiger partial charge in [0.15, 0.2) is 0 Å².